The lowest BCUT2D eigenvalue weighted by molar-refractivity contribution is -0.935. The van der Waals surface area contributed by atoms with Crippen molar-refractivity contribution in [1.29, 1.82) is 0 Å². The molecular formula is C31H60NO6+. The van der Waals surface area contributed by atoms with Crippen molar-refractivity contribution in [3.8, 4) is 0 Å². The molecule has 0 aliphatic rings. The van der Waals surface area contributed by atoms with Crippen LogP contribution in [0.25, 0.3) is 0 Å². The van der Waals surface area contributed by atoms with E-state index in [-0.39, 0.29) is 24.1 Å². The summed E-state index contributed by atoms with van der Waals surface area (Å²) < 4.78 is 0.263. The van der Waals surface area contributed by atoms with E-state index >= 15 is 0 Å². The van der Waals surface area contributed by atoms with Crippen LogP contribution in [-0.4, -0.2) is 63.9 Å². The number of quaternary nitrogens is 1. The normalized spacial score (nSPS) is 15.5. The van der Waals surface area contributed by atoms with Gasteiger partial charge in [-0.3, -0.25) is 14.4 Å². The molecule has 0 aromatic carbocycles. The monoisotopic (exact) mass is 542 g/mol. The Kier molecular flexibility index (Phi) is 21.3. The molecule has 3 unspecified atom stereocenters. The van der Waals surface area contributed by atoms with Gasteiger partial charge in [0.2, 0.25) is 0 Å². The number of unbranched alkanes of at least 4 members (excludes halogenated alkanes) is 13. The Morgan fingerprint density at radius 2 is 0.737 bits per heavy atom. The number of nitrogens with zero attached hydrogens (tertiary/aromatic N) is 1. The molecule has 0 aromatic rings. The third kappa shape index (κ3) is 16.4. The van der Waals surface area contributed by atoms with Crippen molar-refractivity contribution in [3.05, 3.63) is 0 Å². The SMILES string of the molecule is CCCCCCCCCCCCCCCC[N+](CC(CC)C(=O)O)(CC(CC)C(=O)O)CC(CC)C(=O)O. The van der Waals surface area contributed by atoms with Crippen molar-refractivity contribution >= 4 is 17.9 Å². The Morgan fingerprint density at radius 1 is 0.474 bits per heavy atom. The molecule has 3 N–H and O–H groups in total. The summed E-state index contributed by atoms with van der Waals surface area (Å²) in [4.78, 5) is 35.8. The molecule has 7 heteroatoms. The number of hydrogen-bond acceptors (Lipinski definition) is 3. The van der Waals surface area contributed by atoms with Crippen molar-refractivity contribution < 1.29 is 34.2 Å². The molecule has 0 spiro atoms. The fourth-order valence-electron chi connectivity index (χ4n) is 5.69. The van der Waals surface area contributed by atoms with Gasteiger partial charge < -0.3 is 19.8 Å². The largest absolute Gasteiger partial charge is 0.481 e. The number of aliphatic carboxylic acids is 3. The van der Waals surface area contributed by atoms with Crippen LogP contribution in [0.15, 0.2) is 0 Å². The molecule has 0 bridgehead atoms. The van der Waals surface area contributed by atoms with Gasteiger partial charge >= 0.3 is 17.9 Å². The van der Waals surface area contributed by atoms with E-state index in [0.29, 0.717) is 25.8 Å². The summed E-state index contributed by atoms with van der Waals surface area (Å²) >= 11 is 0. The van der Waals surface area contributed by atoms with Crippen LogP contribution in [0.5, 0.6) is 0 Å². The van der Waals surface area contributed by atoms with E-state index in [1.807, 2.05) is 20.8 Å². The zero-order valence-corrected chi connectivity index (χ0v) is 25.1. The molecule has 0 aromatic heterocycles. The summed E-state index contributed by atoms with van der Waals surface area (Å²) in [5.41, 5.74) is 0. The van der Waals surface area contributed by atoms with Gasteiger partial charge in [0.05, 0.1) is 26.2 Å². The highest BCUT2D eigenvalue weighted by atomic mass is 16.4. The Labute approximate surface area is 233 Å². The quantitative estimate of drug-likeness (QED) is 0.0727. The maximum Gasteiger partial charge on any atom is 0.312 e. The van der Waals surface area contributed by atoms with Gasteiger partial charge in [0.1, 0.15) is 17.8 Å². The lowest BCUT2D eigenvalue weighted by Crippen LogP contribution is -2.58. The molecule has 0 aliphatic carbocycles. The summed E-state index contributed by atoms with van der Waals surface area (Å²) in [6, 6.07) is 0. The second kappa shape index (κ2) is 22.2. The molecule has 0 saturated carbocycles. The lowest BCUT2D eigenvalue weighted by Gasteiger charge is -2.43. The van der Waals surface area contributed by atoms with Crippen LogP contribution < -0.4 is 0 Å². The fourth-order valence-corrected chi connectivity index (χ4v) is 5.69. The highest BCUT2D eigenvalue weighted by molar-refractivity contribution is 5.71. The average molecular weight is 543 g/mol. The van der Waals surface area contributed by atoms with Crippen LogP contribution in [0.4, 0.5) is 0 Å². The van der Waals surface area contributed by atoms with E-state index in [0.717, 1.165) is 19.3 Å². The topological polar surface area (TPSA) is 112 Å². The van der Waals surface area contributed by atoms with Crippen molar-refractivity contribution in [3.63, 3.8) is 0 Å². The first kappa shape index (κ1) is 36.4. The standard InChI is InChI=1S/C31H59NO6/c1-5-9-10-11-12-13-14-15-16-17-18-19-20-21-22-32(23-26(6-2)29(33)34,24-27(7-3)30(35)36)25-28(8-4)31(37)38/h26-28H,5-25H2,1-4H3,(H2-,33,34,35,36,37,38)/p+1. The van der Waals surface area contributed by atoms with Crippen molar-refractivity contribution in [1.82, 2.24) is 0 Å². The van der Waals surface area contributed by atoms with E-state index in [4.69, 9.17) is 0 Å². The molecule has 7 nitrogen and oxygen atoms in total. The first-order valence-corrected chi connectivity index (χ1v) is 15.7. The predicted octanol–water partition coefficient (Wildman–Crippen LogP) is 7.62. The predicted molar refractivity (Wildman–Crippen MR) is 154 cm³/mol. The van der Waals surface area contributed by atoms with Gasteiger partial charge in [-0.2, -0.15) is 0 Å². The van der Waals surface area contributed by atoms with Crippen LogP contribution >= 0.6 is 0 Å². The van der Waals surface area contributed by atoms with Gasteiger partial charge in [0, 0.05) is 0 Å². The highest BCUT2D eigenvalue weighted by Crippen LogP contribution is 2.25. The molecule has 0 heterocycles. The Balaban J connectivity index is 4.98. The summed E-state index contributed by atoms with van der Waals surface area (Å²) in [7, 11) is 0. The summed E-state index contributed by atoms with van der Waals surface area (Å²) in [5, 5.41) is 29.4. The molecule has 0 aliphatic heterocycles. The minimum atomic E-state index is -0.886. The van der Waals surface area contributed by atoms with Crippen molar-refractivity contribution in [2.45, 2.75) is 137 Å². The fraction of sp³-hybridized carbons (Fsp3) is 0.903. The molecule has 0 amide bonds. The van der Waals surface area contributed by atoms with Crippen LogP contribution in [0.1, 0.15) is 137 Å². The number of carboxylic acid groups (broad SMARTS) is 3. The Bertz CT molecular complexity index is 578. The Hall–Kier alpha value is -1.63. The molecule has 38 heavy (non-hydrogen) atoms. The number of hydrogen-bond donors (Lipinski definition) is 3. The maximum absolute atomic E-state index is 11.9. The van der Waals surface area contributed by atoms with Gasteiger partial charge in [0.15, 0.2) is 0 Å². The van der Waals surface area contributed by atoms with Crippen LogP contribution in [-0.2, 0) is 14.4 Å². The average Bonchev–Trinajstić information content (AvgIpc) is 2.88. The van der Waals surface area contributed by atoms with E-state index in [1.165, 1.54) is 70.6 Å². The molecule has 0 rings (SSSR count). The van der Waals surface area contributed by atoms with Crippen molar-refractivity contribution in [2.24, 2.45) is 17.8 Å². The van der Waals surface area contributed by atoms with Crippen LogP contribution in [0.3, 0.4) is 0 Å². The molecular weight excluding hydrogens is 482 g/mol. The van der Waals surface area contributed by atoms with Crippen molar-refractivity contribution in [2.75, 3.05) is 26.2 Å². The van der Waals surface area contributed by atoms with Gasteiger partial charge in [-0.1, -0.05) is 105 Å². The van der Waals surface area contributed by atoms with E-state index in [2.05, 4.69) is 6.92 Å². The third-order valence-corrected chi connectivity index (χ3v) is 8.34. The van der Waals surface area contributed by atoms with E-state index < -0.39 is 35.7 Å². The van der Waals surface area contributed by atoms with E-state index in [1.54, 1.807) is 0 Å². The zero-order valence-electron chi connectivity index (χ0n) is 25.1. The van der Waals surface area contributed by atoms with Gasteiger partial charge in [0.25, 0.3) is 0 Å². The first-order chi connectivity index (χ1) is 18.2. The second-order valence-corrected chi connectivity index (χ2v) is 11.5. The van der Waals surface area contributed by atoms with Gasteiger partial charge in [-0.05, 0) is 32.1 Å². The lowest BCUT2D eigenvalue weighted by atomic mass is 9.95. The third-order valence-electron chi connectivity index (χ3n) is 8.34. The van der Waals surface area contributed by atoms with Crippen LogP contribution in [0.2, 0.25) is 0 Å². The van der Waals surface area contributed by atoms with E-state index in [9.17, 15) is 29.7 Å². The molecule has 224 valence electrons. The van der Waals surface area contributed by atoms with Crippen LogP contribution in [0, 0.1) is 17.8 Å². The second-order valence-electron chi connectivity index (χ2n) is 11.5. The summed E-state index contributed by atoms with van der Waals surface area (Å²) in [5.74, 6) is -4.49. The van der Waals surface area contributed by atoms with Gasteiger partial charge in [-0.25, -0.2) is 0 Å². The Morgan fingerprint density at radius 3 is 0.974 bits per heavy atom. The first-order valence-electron chi connectivity index (χ1n) is 15.7. The van der Waals surface area contributed by atoms with Gasteiger partial charge in [-0.15, -0.1) is 0 Å². The minimum absolute atomic E-state index is 0.263. The number of carbonyl (C=O) groups is 3. The molecule has 3 atom stereocenters. The maximum atomic E-state index is 11.9. The molecule has 0 radical (unpaired) electrons. The smallest absolute Gasteiger partial charge is 0.312 e. The summed E-state index contributed by atoms with van der Waals surface area (Å²) in [6.07, 6.45) is 18.8. The molecule has 0 saturated heterocycles. The zero-order chi connectivity index (χ0) is 28.8. The molecule has 0 fully saturated rings. The summed E-state index contributed by atoms with van der Waals surface area (Å²) in [6.45, 7) is 9.26. The number of rotatable bonds is 27. The number of carboxylic acids is 3. The minimum Gasteiger partial charge on any atom is -0.481 e. The highest BCUT2D eigenvalue weighted by Gasteiger charge is 2.40.